The lowest BCUT2D eigenvalue weighted by Gasteiger charge is -2.01. The van der Waals surface area contributed by atoms with Crippen molar-refractivity contribution < 1.29 is 4.79 Å². The van der Waals surface area contributed by atoms with Crippen LogP contribution in [0.2, 0.25) is 0 Å². The number of hydrogen-bond acceptors (Lipinski definition) is 3. The van der Waals surface area contributed by atoms with Crippen LogP contribution in [0.3, 0.4) is 0 Å². The zero-order valence-corrected chi connectivity index (χ0v) is 16.3. The summed E-state index contributed by atoms with van der Waals surface area (Å²) < 4.78 is 3.12. The Morgan fingerprint density at radius 1 is 1.00 bits per heavy atom. The molecule has 0 fully saturated rings. The van der Waals surface area contributed by atoms with E-state index in [-0.39, 0.29) is 5.91 Å². The molecule has 5 rings (SSSR count). The zero-order valence-electron chi connectivity index (χ0n) is 15.5. The molecule has 0 aliphatic heterocycles. The Morgan fingerprint density at radius 2 is 1.79 bits per heavy atom. The Labute approximate surface area is 165 Å². The summed E-state index contributed by atoms with van der Waals surface area (Å²) >= 11 is 1.54. The standard InChI is InChI=1S/C23H17N3OS/c1-14-7-8-16-9-10-17(13-19(16)24-14)22(27)25-23-26(2)20-12-11-15-5-3-4-6-18(15)21(20)28-23/h3-13H,1-2H3. The van der Waals surface area contributed by atoms with Crippen LogP contribution in [0.15, 0.2) is 71.7 Å². The van der Waals surface area contributed by atoms with E-state index in [0.29, 0.717) is 10.4 Å². The maximum absolute atomic E-state index is 12.8. The summed E-state index contributed by atoms with van der Waals surface area (Å²) in [6.45, 7) is 1.94. The SMILES string of the molecule is Cc1ccc2ccc(C(=O)N=c3sc4c5ccccc5ccc4n3C)cc2n1. The molecule has 0 saturated carbocycles. The van der Waals surface area contributed by atoms with Crippen molar-refractivity contribution in [3.63, 3.8) is 0 Å². The summed E-state index contributed by atoms with van der Waals surface area (Å²) in [6.07, 6.45) is 0. The first kappa shape index (κ1) is 16.8. The molecule has 0 spiro atoms. The van der Waals surface area contributed by atoms with Gasteiger partial charge in [0.25, 0.3) is 5.91 Å². The molecule has 5 heteroatoms. The fraction of sp³-hybridized carbons (Fsp3) is 0.0870. The highest BCUT2D eigenvalue weighted by Gasteiger charge is 2.10. The fourth-order valence-corrected chi connectivity index (χ4v) is 4.62. The minimum atomic E-state index is -0.253. The van der Waals surface area contributed by atoms with Crippen molar-refractivity contribution in [1.29, 1.82) is 0 Å². The van der Waals surface area contributed by atoms with E-state index in [4.69, 9.17) is 0 Å². The quantitative estimate of drug-likeness (QED) is 0.409. The van der Waals surface area contributed by atoms with Crippen molar-refractivity contribution in [2.24, 2.45) is 12.0 Å². The number of nitrogens with zero attached hydrogens (tertiary/aromatic N) is 3. The van der Waals surface area contributed by atoms with Gasteiger partial charge in [-0.2, -0.15) is 4.99 Å². The Balaban J connectivity index is 1.66. The third-order valence-electron chi connectivity index (χ3n) is 4.98. The smallest absolute Gasteiger partial charge is 0.279 e. The van der Waals surface area contributed by atoms with Gasteiger partial charge in [0.05, 0.1) is 15.7 Å². The lowest BCUT2D eigenvalue weighted by molar-refractivity contribution is 0.0998. The first-order valence-corrected chi connectivity index (χ1v) is 9.85. The van der Waals surface area contributed by atoms with Crippen LogP contribution in [0.1, 0.15) is 16.1 Å². The third kappa shape index (κ3) is 2.72. The van der Waals surface area contributed by atoms with E-state index in [1.54, 1.807) is 11.3 Å². The second kappa shape index (κ2) is 6.39. The Hall–Kier alpha value is -3.31. The average molecular weight is 383 g/mol. The molecule has 3 aromatic carbocycles. The molecular formula is C23H17N3OS. The molecule has 0 aliphatic carbocycles. The number of carbonyl (C=O) groups excluding carboxylic acids is 1. The van der Waals surface area contributed by atoms with E-state index < -0.39 is 0 Å². The maximum Gasteiger partial charge on any atom is 0.279 e. The molecule has 5 aromatic rings. The van der Waals surface area contributed by atoms with E-state index in [2.05, 4.69) is 34.2 Å². The van der Waals surface area contributed by atoms with Gasteiger partial charge in [-0.1, -0.05) is 53.8 Å². The summed E-state index contributed by atoms with van der Waals surface area (Å²) in [5.41, 5.74) is 3.36. The van der Waals surface area contributed by atoms with Crippen LogP contribution in [0.25, 0.3) is 31.9 Å². The highest BCUT2D eigenvalue weighted by atomic mass is 32.1. The predicted molar refractivity (Wildman–Crippen MR) is 115 cm³/mol. The number of hydrogen-bond donors (Lipinski definition) is 0. The molecule has 0 saturated heterocycles. The van der Waals surface area contributed by atoms with Gasteiger partial charge in [-0.3, -0.25) is 9.78 Å². The molecule has 28 heavy (non-hydrogen) atoms. The Bertz CT molecular complexity index is 1460. The molecule has 0 atom stereocenters. The first-order chi connectivity index (χ1) is 13.6. The first-order valence-electron chi connectivity index (χ1n) is 9.04. The summed E-state index contributed by atoms with van der Waals surface area (Å²) in [6, 6.07) is 22.0. The van der Waals surface area contributed by atoms with Crippen LogP contribution < -0.4 is 4.80 Å². The number of aromatic nitrogens is 2. The van der Waals surface area contributed by atoms with Gasteiger partial charge >= 0.3 is 0 Å². The second-order valence-electron chi connectivity index (χ2n) is 6.86. The summed E-state index contributed by atoms with van der Waals surface area (Å²) in [4.78, 5) is 22.5. The molecule has 0 radical (unpaired) electrons. The van der Waals surface area contributed by atoms with E-state index in [9.17, 15) is 4.79 Å². The molecule has 2 aromatic heterocycles. The fourth-order valence-electron chi connectivity index (χ4n) is 3.47. The number of rotatable bonds is 1. The van der Waals surface area contributed by atoms with Crippen molar-refractivity contribution in [3.05, 3.63) is 82.8 Å². The third-order valence-corrected chi connectivity index (χ3v) is 6.16. The van der Waals surface area contributed by atoms with Crippen LogP contribution in [0.4, 0.5) is 0 Å². The number of carbonyl (C=O) groups is 1. The highest BCUT2D eigenvalue weighted by molar-refractivity contribution is 7.17. The number of benzene rings is 3. The minimum absolute atomic E-state index is 0.253. The van der Waals surface area contributed by atoms with E-state index in [0.717, 1.165) is 26.8 Å². The molecule has 0 bridgehead atoms. The molecule has 136 valence electrons. The van der Waals surface area contributed by atoms with Crippen LogP contribution >= 0.6 is 11.3 Å². The maximum atomic E-state index is 12.8. The average Bonchev–Trinajstić information content (AvgIpc) is 3.03. The van der Waals surface area contributed by atoms with Gasteiger partial charge in [-0.15, -0.1) is 0 Å². The van der Waals surface area contributed by atoms with Crippen LogP contribution in [0.5, 0.6) is 0 Å². The van der Waals surface area contributed by atoms with Crippen molar-refractivity contribution in [2.75, 3.05) is 0 Å². The highest BCUT2D eigenvalue weighted by Crippen LogP contribution is 2.27. The van der Waals surface area contributed by atoms with Gasteiger partial charge in [-0.05, 0) is 36.6 Å². The van der Waals surface area contributed by atoms with E-state index in [1.165, 1.54) is 10.8 Å². The Morgan fingerprint density at radius 3 is 2.68 bits per heavy atom. The molecule has 4 nitrogen and oxygen atoms in total. The summed E-state index contributed by atoms with van der Waals surface area (Å²) in [5, 5.41) is 3.38. The lowest BCUT2D eigenvalue weighted by Crippen LogP contribution is -2.13. The number of amides is 1. The largest absolute Gasteiger partial charge is 0.319 e. The molecule has 1 amide bonds. The van der Waals surface area contributed by atoms with Crippen molar-refractivity contribution in [3.8, 4) is 0 Å². The number of fused-ring (bicyclic) bond motifs is 4. The topological polar surface area (TPSA) is 47.2 Å². The number of thiazole rings is 1. The van der Waals surface area contributed by atoms with Gasteiger partial charge in [-0.25, -0.2) is 0 Å². The summed E-state index contributed by atoms with van der Waals surface area (Å²) in [7, 11) is 1.95. The van der Waals surface area contributed by atoms with E-state index >= 15 is 0 Å². The lowest BCUT2D eigenvalue weighted by atomic mass is 10.1. The summed E-state index contributed by atoms with van der Waals surface area (Å²) in [5.74, 6) is -0.253. The van der Waals surface area contributed by atoms with Crippen LogP contribution in [-0.2, 0) is 7.05 Å². The molecule has 0 N–H and O–H groups in total. The predicted octanol–water partition coefficient (Wildman–Crippen LogP) is 4.99. The minimum Gasteiger partial charge on any atom is -0.319 e. The normalized spacial score (nSPS) is 12.3. The van der Waals surface area contributed by atoms with Gasteiger partial charge in [0.2, 0.25) is 0 Å². The van der Waals surface area contributed by atoms with Gasteiger partial charge in [0.1, 0.15) is 0 Å². The van der Waals surface area contributed by atoms with E-state index in [1.807, 2.05) is 61.0 Å². The molecule has 0 aliphatic rings. The van der Waals surface area contributed by atoms with Gasteiger partial charge in [0, 0.05) is 29.1 Å². The molecule has 0 unspecified atom stereocenters. The molecule has 2 heterocycles. The molecular weight excluding hydrogens is 366 g/mol. The van der Waals surface area contributed by atoms with Crippen molar-refractivity contribution >= 4 is 49.1 Å². The Kier molecular flexibility index (Phi) is 3.84. The van der Waals surface area contributed by atoms with Crippen LogP contribution in [0, 0.1) is 6.92 Å². The van der Waals surface area contributed by atoms with Gasteiger partial charge in [0.15, 0.2) is 4.80 Å². The van der Waals surface area contributed by atoms with Crippen molar-refractivity contribution in [1.82, 2.24) is 9.55 Å². The number of aryl methyl sites for hydroxylation is 2. The zero-order chi connectivity index (χ0) is 19.3. The van der Waals surface area contributed by atoms with Crippen LogP contribution in [-0.4, -0.2) is 15.5 Å². The van der Waals surface area contributed by atoms with Crippen molar-refractivity contribution in [2.45, 2.75) is 6.92 Å². The monoisotopic (exact) mass is 383 g/mol. The second-order valence-corrected chi connectivity index (χ2v) is 7.83. The number of pyridine rings is 1. The van der Waals surface area contributed by atoms with Gasteiger partial charge < -0.3 is 4.57 Å².